The molecule has 0 aliphatic carbocycles. The number of thiazole rings is 1. The van der Waals surface area contributed by atoms with Crippen molar-refractivity contribution in [1.82, 2.24) is 14.5 Å². The van der Waals surface area contributed by atoms with Gasteiger partial charge in [0.15, 0.2) is 10.8 Å². The monoisotopic (exact) mass is 411 g/mol. The van der Waals surface area contributed by atoms with Crippen molar-refractivity contribution in [2.24, 2.45) is 5.92 Å². The van der Waals surface area contributed by atoms with Crippen molar-refractivity contribution < 1.29 is 4.79 Å². The minimum absolute atomic E-state index is 0.0756. The van der Waals surface area contributed by atoms with Crippen molar-refractivity contribution in [3.8, 4) is 0 Å². The molecule has 1 aromatic carbocycles. The molecule has 0 radical (unpaired) electrons. The summed E-state index contributed by atoms with van der Waals surface area (Å²) in [6, 6.07) is 7.68. The molecule has 1 fully saturated rings. The molecule has 0 bridgehead atoms. The van der Waals surface area contributed by atoms with E-state index in [1.54, 1.807) is 0 Å². The molecule has 2 aromatic heterocycles. The second kappa shape index (κ2) is 8.32. The highest BCUT2D eigenvalue weighted by molar-refractivity contribution is 7.22. The van der Waals surface area contributed by atoms with E-state index in [-0.39, 0.29) is 18.0 Å². The van der Waals surface area contributed by atoms with Crippen molar-refractivity contribution >= 4 is 38.4 Å². The SMILES string of the molecule is CCc1ccccc1NC(=O)Cn1cnc2nc(N3CCC[C@@H](C)C3)sc2c1=O. The van der Waals surface area contributed by atoms with Crippen LogP contribution in [-0.4, -0.2) is 33.5 Å². The largest absolute Gasteiger partial charge is 0.348 e. The number of carbonyl (C=O) groups is 1. The average Bonchev–Trinajstić information content (AvgIpc) is 3.16. The van der Waals surface area contributed by atoms with Gasteiger partial charge < -0.3 is 10.2 Å². The predicted octanol–water partition coefficient (Wildman–Crippen LogP) is 3.29. The Bertz CT molecular complexity index is 1090. The van der Waals surface area contributed by atoms with Crippen molar-refractivity contribution in [2.75, 3.05) is 23.3 Å². The van der Waals surface area contributed by atoms with Crippen molar-refractivity contribution in [3.05, 3.63) is 46.5 Å². The van der Waals surface area contributed by atoms with E-state index in [1.165, 1.54) is 28.7 Å². The number of hydrogen-bond donors (Lipinski definition) is 1. The summed E-state index contributed by atoms with van der Waals surface area (Å²) >= 11 is 1.37. The van der Waals surface area contributed by atoms with Crippen LogP contribution in [0.1, 0.15) is 32.3 Å². The fourth-order valence-corrected chi connectivity index (χ4v) is 4.75. The number of aromatic nitrogens is 3. The average molecular weight is 412 g/mol. The normalized spacial score (nSPS) is 16.9. The van der Waals surface area contributed by atoms with Crippen LogP contribution < -0.4 is 15.8 Å². The molecular weight excluding hydrogens is 386 g/mol. The zero-order valence-electron chi connectivity index (χ0n) is 16.7. The molecule has 3 aromatic rings. The Hall–Kier alpha value is -2.74. The van der Waals surface area contributed by atoms with E-state index < -0.39 is 0 Å². The summed E-state index contributed by atoms with van der Waals surface area (Å²) in [6.45, 7) is 6.11. The lowest BCUT2D eigenvalue weighted by Crippen LogP contribution is -2.34. The number of benzene rings is 1. The third-order valence-electron chi connectivity index (χ3n) is 5.29. The summed E-state index contributed by atoms with van der Waals surface area (Å²) in [5.41, 5.74) is 2.08. The lowest BCUT2D eigenvalue weighted by Gasteiger charge is -2.30. The second-order valence-electron chi connectivity index (χ2n) is 7.58. The first kappa shape index (κ1) is 19.6. The molecular formula is C21H25N5O2S. The standard InChI is InChI=1S/C21H25N5O2S/c1-3-15-8-4-5-9-16(15)23-17(27)12-26-13-22-19-18(20(26)28)29-21(24-19)25-10-6-7-14(2)11-25/h4-5,8-9,13-14H,3,6-7,10-12H2,1-2H3,(H,23,27)/t14-/m1/s1. The Balaban J connectivity index is 1.54. The first-order chi connectivity index (χ1) is 14.0. The van der Waals surface area contributed by atoms with E-state index in [4.69, 9.17) is 0 Å². The van der Waals surface area contributed by atoms with Crippen LogP contribution in [-0.2, 0) is 17.8 Å². The number of carbonyl (C=O) groups excluding carboxylic acids is 1. The number of nitrogens with one attached hydrogen (secondary N) is 1. The first-order valence-electron chi connectivity index (χ1n) is 10.0. The van der Waals surface area contributed by atoms with Gasteiger partial charge in [0, 0.05) is 18.8 Å². The van der Waals surface area contributed by atoms with Crippen LogP contribution in [0.15, 0.2) is 35.4 Å². The molecule has 1 aliphatic heterocycles. The van der Waals surface area contributed by atoms with Crippen LogP contribution in [0.4, 0.5) is 10.8 Å². The minimum Gasteiger partial charge on any atom is -0.348 e. The van der Waals surface area contributed by atoms with Gasteiger partial charge in [-0.05, 0) is 36.8 Å². The molecule has 3 heterocycles. The predicted molar refractivity (Wildman–Crippen MR) is 117 cm³/mol. The quantitative estimate of drug-likeness (QED) is 0.697. The lowest BCUT2D eigenvalue weighted by atomic mass is 10.0. The van der Waals surface area contributed by atoms with Crippen LogP contribution in [0, 0.1) is 5.92 Å². The Labute approximate surface area is 173 Å². The molecule has 1 aliphatic rings. The van der Waals surface area contributed by atoms with Gasteiger partial charge >= 0.3 is 0 Å². The number of aryl methyl sites for hydroxylation is 1. The molecule has 1 atom stereocenters. The third kappa shape index (κ3) is 4.17. The summed E-state index contributed by atoms with van der Waals surface area (Å²) in [5, 5.41) is 3.74. The minimum atomic E-state index is -0.247. The van der Waals surface area contributed by atoms with Crippen LogP contribution in [0.3, 0.4) is 0 Å². The highest BCUT2D eigenvalue weighted by atomic mass is 32.1. The fraction of sp³-hybridized carbons (Fsp3) is 0.429. The topological polar surface area (TPSA) is 80.1 Å². The lowest BCUT2D eigenvalue weighted by molar-refractivity contribution is -0.116. The Morgan fingerprint density at radius 1 is 1.34 bits per heavy atom. The van der Waals surface area contributed by atoms with Crippen LogP contribution in [0.2, 0.25) is 0 Å². The number of nitrogens with zero attached hydrogens (tertiary/aromatic N) is 4. The summed E-state index contributed by atoms with van der Waals surface area (Å²) in [4.78, 5) is 36.5. The van der Waals surface area contributed by atoms with E-state index >= 15 is 0 Å². The number of anilines is 2. The molecule has 7 nitrogen and oxygen atoms in total. The molecule has 0 saturated carbocycles. The van der Waals surface area contributed by atoms with E-state index in [9.17, 15) is 9.59 Å². The van der Waals surface area contributed by atoms with Crippen LogP contribution in [0.5, 0.6) is 0 Å². The molecule has 4 rings (SSSR count). The highest BCUT2D eigenvalue weighted by Crippen LogP contribution is 2.29. The van der Waals surface area contributed by atoms with Crippen LogP contribution in [0.25, 0.3) is 10.3 Å². The maximum Gasteiger partial charge on any atom is 0.273 e. The van der Waals surface area contributed by atoms with Gasteiger partial charge in [0.05, 0.1) is 0 Å². The van der Waals surface area contributed by atoms with Crippen molar-refractivity contribution in [3.63, 3.8) is 0 Å². The zero-order valence-corrected chi connectivity index (χ0v) is 17.5. The zero-order chi connectivity index (χ0) is 20.4. The molecule has 1 N–H and O–H groups in total. The third-order valence-corrected chi connectivity index (χ3v) is 6.38. The number of para-hydroxylation sites is 1. The molecule has 1 amide bonds. The number of piperidine rings is 1. The summed E-state index contributed by atoms with van der Waals surface area (Å²) in [6.07, 6.45) is 4.60. The smallest absolute Gasteiger partial charge is 0.273 e. The fourth-order valence-electron chi connectivity index (χ4n) is 3.74. The van der Waals surface area contributed by atoms with E-state index in [1.807, 2.05) is 31.2 Å². The number of amides is 1. The number of hydrogen-bond acceptors (Lipinski definition) is 6. The Morgan fingerprint density at radius 2 is 2.17 bits per heavy atom. The molecule has 1 saturated heterocycles. The van der Waals surface area contributed by atoms with E-state index in [0.717, 1.165) is 42.3 Å². The van der Waals surface area contributed by atoms with Gasteiger partial charge in [-0.3, -0.25) is 14.2 Å². The first-order valence-corrected chi connectivity index (χ1v) is 10.9. The van der Waals surface area contributed by atoms with Crippen molar-refractivity contribution in [1.29, 1.82) is 0 Å². The maximum absolute atomic E-state index is 12.9. The van der Waals surface area contributed by atoms with E-state index in [0.29, 0.717) is 16.3 Å². The number of fused-ring (bicyclic) bond motifs is 1. The number of rotatable bonds is 5. The molecule has 152 valence electrons. The highest BCUT2D eigenvalue weighted by Gasteiger charge is 2.21. The van der Waals surface area contributed by atoms with Gasteiger partial charge in [-0.25, -0.2) is 4.98 Å². The summed E-state index contributed by atoms with van der Waals surface area (Å²) in [7, 11) is 0. The molecule has 0 spiro atoms. The van der Waals surface area contributed by atoms with Gasteiger partial charge in [-0.2, -0.15) is 4.98 Å². The Kier molecular flexibility index (Phi) is 5.62. The maximum atomic E-state index is 12.9. The van der Waals surface area contributed by atoms with Crippen LogP contribution >= 0.6 is 11.3 Å². The summed E-state index contributed by atoms with van der Waals surface area (Å²) in [5.74, 6) is 0.374. The van der Waals surface area contributed by atoms with Gasteiger partial charge in [0.2, 0.25) is 5.91 Å². The molecule has 8 heteroatoms. The van der Waals surface area contributed by atoms with Crippen molar-refractivity contribution in [2.45, 2.75) is 39.7 Å². The Morgan fingerprint density at radius 3 is 2.97 bits per heavy atom. The summed E-state index contributed by atoms with van der Waals surface area (Å²) < 4.78 is 1.86. The molecule has 0 unspecified atom stereocenters. The van der Waals surface area contributed by atoms with Gasteiger partial charge in [0.25, 0.3) is 5.56 Å². The van der Waals surface area contributed by atoms with E-state index in [2.05, 4.69) is 27.1 Å². The molecule has 29 heavy (non-hydrogen) atoms. The van der Waals surface area contributed by atoms with Gasteiger partial charge in [0.1, 0.15) is 17.6 Å². The second-order valence-corrected chi connectivity index (χ2v) is 8.56. The van der Waals surface area contributed by atoms with Gasteiger partial charge in [-0.1, -0.05) is 43.4 Å². The van der Waals surface area contributed by atoms with Gasteiger partial charge in [-0.15, -0.1) is 0 Å².